The molecule has 7 heteroatoms. The van der Waals surface area contributed by atoms with Gasteiger partial charge >= 0.3 is 11.9 Å². The smallest absolute Gasteiger partial charge is 0.308 e. The number of carbonyl (C=O) groups is 2. The van der Waals surface area contributed by atoms with Crippen molar-refractivity contribution >= 4 is 11.9 Å². The van der Waals surface area contributed by atoms with Gasteiger partial charge in [0.2, 0.25) is 0 Å². The Bertz CT molecular complexity index is 942. The molecule has 0 unspecified atom stereocenters. The van der Waals surface area contributed by atoms with E-state index in [4.69, 9.17) is 18.9 Å². The first kappa shape index (κ1) is 20.5. The van der Waals surface area contributed by atoms with Crippen molar-refractivity contribution in [3.8, 4) is 11.5 Å². The Hall–Kier alpha value is -2.38. The minimum Gasteiger partial charge on any atom is -0.482 e. The fourth-order valence-electron chi connectivity index (χ4n) is 6.08. The van der Waals surface area contributed by atoms with Gasteiger partial charge in [0, 0.05) is 43.2 Å². The van der Waals surface area contributed by atoms with Crippen LogP contribution in [-0.4, -0.2) is 61.9 Å². The number of benzene rings is 1. The van der Waals surface area contributed by atoms with E-state index in [1.807, 2.05) is 6.07 Å². The van der Waals surface area contributed by atoms with Gasteiger partial charge in [-0.05, 0) is 38.1 Å². The fraction of sp³-hybridized carbons (Fsp3) is 0.583. The lowest BCUT2D eigenvalue weighted by Crippen LogP contribution is -2.65. The fourth-order valence-corrected chi connectivity index (χ4v) is 6.08. The zero-order valence-corrected chi connectivity index (χ0v) is 18.3. The van der Waals surface area contributed by atoms with Gasteiger partial charge < -0.3 is 23.8 Å². The van der Waals surface area contributed by atoms with E-state index in [1.54, 1.807) is 0 Å². The molecule has 166 valence electrons. The van der Waals surface area contributed by atoms with Gasteiger partial charge in [-0.3, -0.25) is 9.59 Å². The van der Waals surface area contributed by atoms with Crippen LogP contribution < -0.4 is 9.47 Å². The molecule has 0 saturated carbocycles. The van der Waals surface area contributed by atoms with Crippen molar-refractivity contribution in [3.63, 3.8) is 0 Å². The monoisotopic (exact) mass is 427 g/mol. The number of rotatable bonds is 6. The van der Waals surface area contributed by atoms with Gasteiger partial charge in [0.1, 0.15) is 12.2 Å². The molecule has 7 nitrogen and oxygen atoms in total. The van der Waals surface area contributed by atoms with Crippen molar-refractivity contribution in [3.05, 3.63) is 35.4 Å². The van der Waals surface area contributed by atoms with Crippen LogP contribution in [-0.2, 0) is 30.9 Å². The maximum Gasteiger partial charge on any atom is 0.308 e. The molecule has 2 bridgehead atoms. The number of carbonyl (C=O) groups excluding carboxylic acids is 2. The second-order valence-corrected chi connectivity index (χ2v) is 9.04. The molecule has 4 aliphatic rings. The van der Waals surface area contributed by atoms with Gasteiger partial charge in [-0.25, -0.2) is 0 Å². The lowest BCUT2D eigenvalue weighted by atomic mass is 9.53. The topological polar surface area (TPSA) is 74.3 Å². The molecule has 5 rings (SSSR count). The Balaban J connectivity index is 1.48. The first-order chi connectivity index (χ1) is 14.9. The molecule has 2 heterocycles. The summed E-state index contributed by atoms with van der Waals surface area (Å²) in [6.07, 6.45) is 6.63. The Morgan fingerprint density at radius 2 is 2.03 bits per heavy atom. The van der Waals surface area contributed by atoms with Crippen molar-refractivity contribution in [1.29, 1.82) is 0 Å². The molecule has 5 atom stereocenters. The summed E-state index contributed by atoms with van der Waals surface area (Å²) in [7, 11) is 2.20. The van der Waals surface area contributed by atoms with Crippen LogP contribution in [0.4, 0.5) is 0 Å². The molecular formula is C24H29NO6. The number of ether oxygens (including phenoxy) is 4. The first-order valence-corrected chi connectivity index (χ1v) is 11.1. The van der Waals surface area contributed by atoms with Crippen LogP contribution in [0.25, 0.3) is 0 Å². The van der Waals surface area contributed by atoms with E-state index >= 15 is 0 Å². The normalized spacial score (nSPS) is 32.2. The summed E-state index contributed by atoms with van der Waals surface area (Å²) in [6, 6.07) is 4.38. The second kappa shape index (κ2) is 7.64. The summed E-state index contributed by atoms with van der Waals surface area (Å²) in [5.74, 6) is 0.914. The summed E-state index contributed by atoms with van der Waals surface area (Å²) in [5.41, 5.74) is 2.32. The van der Waals surface area contributed by atoms with Gasteiger partial charge in [-0.1, -0.05) is 18.2 Å². The minimum absolute atomic E-state index is 0.168. The van der Waals surface area contributed by atoms with E-state index < -0.39 is 0 Å². The average molecular weight is 427 g/mol. The van der Waals surface area contributed by atoms with Gasteiger partial charge in [-0.15, -0.1) is 0 Å². The van der Waals surface area contributed by atoms with Crippen LogP contribution >= 0.6 is 0 Å². The van der Waals surface area contributed by atoms with Gasteiger partial charge in [0.25, 0.3) is 0 Å². The molecule has 1 aromatic rings. The van der Waals surface area contributed by atoms with E-state index in [9.17, 15) is 9.59 Å². The number of nitrogens with zero attached hydrogens (tertiary/aromatic N) is 1. The van der Waals surface area contributed by atoms with E-state index in [-0.39, 0.29) is 29.6 Å². The van der Waals surface area contributed by atoms with Crippen molar-refractivity contribution < 1.29 is 28.5 Å². The molecule has 1 fully saturated rings. The molecule has 2 aliphatic carbocycles. The number of hydrogen-bond acceptors (Lipinski definition) is 7. The predicted octanol–water partition coefficient (Wildman–Crippen LogP) is 2.40. The zero-order chi connectivity index (χ0) is 21.8. The molecule has 1 saturated heterocycles. The van der Waals surface area contributed by atoms with E-state index in [1.165, 1.54) is 25.0 Å². The molecule has 2 aliphatic heterocycles. The highest BCUT2D eigenvalue weighted by atomic mass is 16.6. The van der Waals surface area contributed by atoms with Crippen LogP contribution in [0, 0.1) is 5.92 Å². The number of piperidine rings is 1. The van der Waals surface area contributed by atoms with Gasteiger partial charge in [0.05, 0.1) is 13.2 Å². The molecule has 0 aromatic heterocycles. The molecule has 1 spiro atoms. The first-order valence-electron chi connectivity index (χ1n) is 11.1. The molecular weight excluding hydrogens is 398 g/mol. The quantitative estimate of drug-likeness (QED) is 0.299. The summed E-state index contributed by atoms with van der Waals surface area (Å²) in [5, 5.41) is 0. The lowest BCUT2D eigenvalue weighted by Gasteiger charge is -2.56. The zero-order valence-electron chi connectivity index (χ0n) is 18.3. The van der Waals surface area contributed by atoms with Crippen molar-refractivity contribution in [2.45, 2.75) is 56.8 Å². The van der Waals surface area contributed by atoms with Crippen LogP contribution in [0.2, 0.25) is 0 Å². The van der Waals surface area contributed by atoms with Gasteiger partial charge in [-0.2, -0.15) is 0 Å². The van der Waals surface area contributed by atoms with Crippen molar-refractivity contribution in [1.82, 2.24) is 4.90 Å². The van der Waals surface area contributed by atoms with Crippen LogP contribution in [0.3, 0.4) is 0 Å². The largest absolute Gasteiger partial charge is 0.482 e. The molecule has 0 radical (unpaired) electrons. The molecule has 0 N–H and O–H groups in total. The minimum atomic E-state index is -0.350. The van der Waals surface area contributed by atoms with Crippen molar-refractivity contribution in [2.24, 2.45) is 5.92 Å². The Morgan fingerprint density at radius 3 is 2.81 bits per heavy atom. The van der Waals surface area contributed by atoms with E-state index in [0.717, 1.165) is 19.4 Å². The van der Waals surface area contributed by atoms with E-state index in [2.05, 4.69) is 30.2 Å². The maximum absolute atomic E-state index is 11.7. The standard InChI is InChI=1S/C24H29NO6/c1-14(26)28-11-4-12-29-20-8-6-17-18-13-16-5-7-19(30-15(2)27)22-21(16)24(17,23(20)31-22)9-10-25(18)3/h5-8,17-18,20,23H,4,9-13H2,1-3H3/t17-,18+,20-,23-,24-/m0/s1. The molecule has 31 heavy (non-hydrogen) atoms. The van der Waals surface area contributed by atoms with Gasteiger partial charge in [0.15, 0.2) is 11.5 Å². The number of likely N-dealkylation sites (tertiary alicyclic amines) is 1. The second-order valence-electron chi connectivity index (χ2n) is 9.04. The summed E-state index contributed by atoms with van der Waals surface area (Å²) >= 11 is 0. The summed E-state index contributed by atoms with van der Waals surface area (Å²) in [6.45, 7) is 4.64. The van der Waals surface area contributed by atoms with Crippen molar-refractivity contribution in [2.75, 3.05) is 26.8 Å². The Morgan fingerprint density at radius 1 is 1.19 bits per heavy atom. The average Bonchev–Trinajstić information content (AvgIpc) is 3.07. The number of esters is 2. The molecule has 1 aromatic carbocycles. The van der Waals surface area contributed by atoms with Crippen LogP contribution in [0.1, 0.15) is 37.8 Å². The SMILES string of the molecule is CC(=O)OCCCO[C@H]1C=C[C@H]2[C@H]3Cc4ccc(OC(C)=O)c5c4[C@@]2(CCN3C)[C@H]1O5. The highest BCUT2D eigenvalue weighted by molar-refractivity contribution is 5.72. The Kier molecular flexibility index (Phi) is 5.06. The summed E-state index contributed by atoms with van der Waals surface area (Å²) in [4.78, 5) is 25.1. The highest BCUT2D eigenvalue weighted by Crippen LogP contribution is 2.62. The van der Waals surface area contributed by atoms with Crippen LogP contribution in [0.5, 0.6) is 11.5 Å². The third-order valence-electron chi connectivity index (χ3n) is 7.27. The molecule has 0 amide bonds. The van der Waals surface area contributed by atoms with E-state index in [0.29, 0.717) is 43.1 Å². The maximum atomic E-state index is 11.7. The third-order valence-corrected chi connectivity index (χ3v) is 7.27. The predicted molar refractivity (Wildman–Crippen MR) is 112 cm³/mol. The third kappa shape index (κ3) is 3.17. The lowest BCUT2D eigenvalue weighted by molar-refractivity contribution is -0.141. The number of hydrogen-bond donors (Lipinski definition) is 0. The number of likely N-dealkylation sites (N-methyl/N-ethyl adjacent to an activating group) is 1. The summed E-state index contributed by atoms with van der Waals surface area (Å²) < 4.78 is 23.4. The Labute approximate surface area is 182 Å². The highest BCUT2D eigenvalue weighted by Gasteiger charge is 2.64. The van der Waals surface area contributed by atoms with Crippen LogP contribution in [0.15, 0.2) is 24.3 Å².